The molecule has 2 aromatic rings. The molecule has 0 spiro atoms. The van der Waals surface area contributed by atoms with E-state index in [1.54, 1.807) is 37.4 Å². The first kappa shape index (κ1) is 19.0. The lowest BCUT2D eigenvalue weighted by Crippen LogP contribution is -2.33. The molecule has 3 atom stereocenters. The average molecular weight is 390 g/mol. The summed E-state index contributed by atoms with van der Waals surface area (Å²) in [5.41, 5.74) is 7.30. The zero-order valence-corrected chi connectivity index (χ0v) is 16.5. The second-order valence-electron chi connectivity index (χ2n) is 6.69. The standard InChI is InChI=1S/C20H23NO3S2/c1-3-14-9-11-15(12-10-14)17-18(20(17,13-24-2)19(21)25)26(22,23)16-7-5-4-6-8-16/h4-12,17-18H,3,13H2,1-2H3,(H2,21,25)/t17-,18+,20+/m1/s1. The topological polar surface area (TPSA) is 69.4 Å². The van der Waals surface area contributed by atoms with Gasteiger partial charge in [0.25, 0.3) is 0 Å². The number of benzene rings is 2. The van der Waals surface area contributed by atoms with Crippen molar-refractivity contribution < 1.29 is 13.2 Å². The number of methoxy groups -OCH3 is 1. The van der Waals surface area contributed by atoms with Crippen molar-refractivity contribution in [2.75, 3.05) is 13.7 Å². The van der Waals surface area contributed by atoms with E-state index in [0.717, 1.165) is 12.0 Å². The molecule has 0 bridgehead atoms. The summed E-state index contributed by atoms with van der Waals surface area (Å²) in [7, 11) is -2.06. The lowest BCUT2D eigenvalue weighted by atomic mass is 9.98. The molecule has 3 rings (SSSR count). The van der Waals surface area contributed by atoms with E-state index in [-0.39, 0.29) is 22.4 Å². The number of hydrogen-bond acceptors (Lipinski definition) is 4. The third-order valence-corrected chi connectivity index (χ3v) is 7.92. The fourth-order valence-corrected chi connectivity index (χ4v) is 6.62. The second-order valence-corrected chi connectivity index (χ2v) is 9.20. The van der Waals surface area contributed by atoms with Gasteiger partial charge in [-0.1, -0.05) is 61.6 Å². The molecule has 2 N–H and O–H groups in total. The monoisotopic (exact) mass is 389 g/mol. The third kappa shape index (κ3) is 2.96. The highest BCUT2D eigenvalue weighted by Gasteiger charge is 2.73. The third-order valence-electron chi connectivity index (χ3n) is 5.25. The van der Waals surface area contributed by atoms with E-state index >= 15 is 0 Å². The fourth-order valence-electron chi connectivity index (χ4n) is 3.83. The van der Waals surface area contributed by atoms with Gasteiger partial charge in [-0.3, -0.25) is 0 Å². The number of sulfone groups is 1. The summed E-state index contributed by atoms with van der Waals surface area (Å²) in [4.78, 5) is 0.475. The molecule has 0 radical (unpaired) electrons. The van der Waals surface area contributed by atoms with Gasteiger partial charge in [0.1, 0.15) is 0 Å². The van der Waals surface area contributed by atoms with Gasteiger partial charge < -0.3 is 10.5 Å². The molecular formula is C20H23NO3S2. The maximum atomic E-state index is 13.3. The van der Waals surface area contributed by atoms with Crippen LogP contribution in [0.2, 0.25) is 0 Å². The number of rotatable bonds is 7. The maximum absolute atomic E-state index is 13.3. The van der Waals surface area contributed by atoms with Gasteiger partial charge in [0.15, 0.2) is 9.84 Å². The molecule has 0 amide bonds. The van der Waals surface area contributed by atoms with E-state index in [2.05, 4.69) is 6.92 Å². The lowest BCUT2D eigenvalue weighted by Gasteiger charge is -2.16. The summed E-state index contributed by atoms with van der Waals surface area (Å²) < 4.78 is 32.0. The van der Waals surface area contributed by atoms with E-state index < -0.39 is 20.5 Å². The van der Waals surface area contributed by atoms with E-state index in [9.17, 15) is 8.42 Å². The number of hydrogen-bond donors (Lipinski definition) is 1. The van der Waals surface area contributed by atoms with Crippen molar-refractivity contribution in [2.45, 2.75) is 29.4 Å². The van der Waals surface area contributed by atoms with Crippen LogP contribution < -0.4 is 5.73 Å². The van der Waals surface area contributed by atoms with Crippen molar-refractivity contribution in [3.05, 3.63) is 65.7 Å². The highest BCUT2D eigenvalue weighted by atomic mass is 32.2. The molecule has 0 aromatic heterocycles. The molecule has 26 heavy (non-hydrogen) atoms. The normalized spacial score (nSPS) is 25.0. The first-order chi connectivity index (χ1) is 12.4. The predicted molar refractivity (Wildman–Crippen MR) is 107 cm³/mol. The summed E-state index contributed by atoms with van der Waals surface area (Å²) in [6.45, 7) is 2.26. The van der Waals surface area contributed by atoms with Gasteiger partial charge in [-0.15, -0.1) is 0 Å². The highest BCUT2D eigenvalue weighted by molar-refractivity contribution is 7.92. The molecule has 0 saturated heterocycles. The van der Waals surface area contributed by atoms with Gasteiger partial charge in [-0.2, -0.15) is 0 Å². The molecule has 138 valence electrons. The zero-order chi connectivity index (χ0) is 18.9. The average Bonchev–Trinajstić information content (AvgIpc) is 3.34. The van der Waals surface area contributed by atoms with E-state index in [4.69, 9.17) is 22.7 Å². The van der Waals surface area contributed by atoms with Crippen LogP contribution in [0.15, 0.2) is 59.5 Å². The Bertz CT molecular complexity index is 894. The summed E-state index contributed by atoms with van der Waals surface area (Å²) in [5, 5.41) is -0.720. The minimum Gasteiger partial charge on any atom is -0.393 e. The van der Waals surface area contributed by atoms with Crippen molar-refractivity contribution in [3.63, 3.8) is 0 Å². The minimum atomic E-state index is -3.60. The van der Waals surface area contributed by atoms with Gasteiger partial charge in [0.05, 0.1) is 27.2 Å². The van der Waals surface area contributed by atoms with Crippen LogP contribution in [0, 0.1) is 5.41 Å². The molecule has 1 saturated carbocycles. The minimum absolute atomic E-state index is 0.180. The van der Waals surface area contributed by atoms with Crippen molar-refractivity contribution in [1.29, 1.82) is 0 Å². The Hall–Kier alpha value is -1.76. The Morgan fingerprint density at radius 1 is 1.15 bits per heavy atom. The molecular weight excluding hydrogens is 366 g/mol. The van der Waals surface area contributed by atoms with Gasteiger partial charge in [0.2, 0.25) is 0 Å². The molecule has 0 heterocycles. The van der Waals surface area contributed by atoms with Gasteiger partial charge >= 0.3 is 0 Å². The van der Waals surface area contributed by atoms with Crippen molar-refractivity contribution in [3.8, 4) is 0 Å². The number of ether oxygens (including phenoxy) is 1. The Morgan fingerprint density at radius 3 is 2.27 bits per heavy atom. The van der Waals surface area contributed by atoms with Crippen LogP contribution in [0.5, 0.6) is 0 Å². The fraction of sp³-hybridized carbons (Fsp3) is 0.350. The first-order valence-electron chi connectivity index (χ1n) is 8.56. The van der Waals surface area contributed by atoms with Crippen LogP contribution in [-0.4, -0.2) is 32.4 Å². The summed E-state index contributed by atoms with van der Waals surface area (Å²) >= 11 is 5.31. The Morgan fingerprint density at radius 2 is 1.77 bits per heavy atom. The largest absolute Gasteiger partial charge is 0.393 e. The van der Waals surface area contributed by atoms with E-state index in [0.29, 0.717) is 0 Å². The highest BCUT2D eigenvalue weighted by Crippen LogP contribution is 2.64. The molecule has 0 unspecified atom stereocenters. The van der Waals surface area contributed by atoms with Gasteiger partial charge in [-0.25, -0.2) is 8.42 Å². The van der Waals surface area contributed by atoms with Crippen molar-refractivity contribution in [2.24, 2.45) is 11.1 Å². The number of aryl methyl sites for hydroxylation is 1. The molecule has 1 aliphatic carbocycles. The molecule has 6 heteroatoms. The molecule has 4 nitrogen and oxygen atoms in total. The smallest absolute Gasteiger partial charge is 0.182 e. The second kappa shape index (κ2) is 7.10. The zero-order valence-electron chi connectivity index (χ0n) is 14.9. The van der Waals surface area contributed by atoms with Crippen LogP contribution in [0.1, 0.15) is 24.0 Å². The van der Waals surface area contributed by atoms with E-state index in [1.165, 1.54) is 5.56 Å². The van der Waals surface area contributed by atoms with Crippen LogP contribution in [0.4, 0.5) is 0 Å². The van der Waals surface area contributed by atoms with Crippen LogP contribution in [0.3, 0.4) is 0 Å². The van der Waals surface area contributed by atoms with Crippen LogP contribution in [-0.2, 0) is 21.0 Å². The summed E-state index contributed by atoms with van der Waals surface area (Å²) in [6, 6.07) is 16.5. The van der Waals surface area contributed by atoms with Gasteiger partial charge in [0, 0.05) is 13.0 Å². The van der Waals surface area contributed by atoms with Gasteiger partial charge in [-0.05, 0) is 29.7 Å². The number of thiocarbonyl (C=S) groups is 1. The lowest BCUT2D eigenvalue weighted by molar-refractivity contribution is 0.166. The van der Waals surface area contributed by atoms with E-state index in [1.807, 2.05) is 24.3 Å². The molecule has 1 aliphatic rings. The molecule has 1 fully saturated rings. The summed E-state index contributed by atoms with van der Waals surface area (Å²) in [6.07, 6.45) is 0.926. The Kier molecular flexibility index (Phi) is 5.19. The molecule has 0 aliphatic heterocycles. The predicted octanol–water partition coefficient (Wildman–Crippen LogP) is 3.11. The van der Waals surface area contributed by atoms with Crippen LogP contribution in [0.25, 0.3) is 0 Å². The van der Waals surface area contributed by atoms with Crippen LogP contribution >= 0.6 is 12.2 Å². The Balaban J connectivity index is 2.09. The maximum Gasteiger partial charge on any atom is 0.182 e. The SMILES string of the molecule is CCc1ccc([C@@H]2[C@H](S(=O)(=O)c3ccccc3)[C@@]2(COC)C(N)=S)cc1. The van der Waals surface area contributed by atoms with Crippen molar-refractivity contribution >= 4 is 27.0 Å². The number of nitrogens with two attached hydrogens (primary N) is 1. The first-order valence-corrected chi connectivity index (χ1v) is 10.5. The Labute approximate surface area is 160 Å². The quantitative estimate of drug-likeness (QED) is 0.737. The summed E-state index contributed by atoms with van der Waals surface area (Å²) in [5.74, 6) is -0.309. The molecule has 2 aromatic carbocycles. The van der Waals surface area contributed by atoms with Crippen molar-refractivity contribution in [1.82, 2.24) is 0 Å².